The van der Waals surface area contributed by atoms with Crippen LogP contribution in [0.3, 0.4) is 0 Å². The third kappa shape index (κ3) is 3.05. The van der Waals surface area contributed by atoms with Crippen molar-refractivity contribution in [3.05, 3.63) is 39.1 Å². The first-order chi connectivity index (χ1) is 8.56. The zero-order valence-electron chi connectivity index (χ0n) is 10.0. The van der Waals surface area contributed by atoms with Gasteiger partial charge in [-0.2, -0.15) is 0 Å². The predicted octanol–water partition coefficient (Wildman–Crippen LogP) is 2.99. The van der Waals surface area contributed by atoms with Crippen LogP contribution in [-0.2, 0) is 11.2 Å². The number of carbonyl (C=O) groups is 1. The van der Waals surface area contributed by atoms with Gasteiger partial charge in [0.15, 0.2) is 5.15 Å². The van der Waals surface area contributed by atoms with E-state index in [-0.39, 0.29) is 5.91 Å². The fourth-order valence-electron chi connectivity index (χ4n) is 1.56. The Hall–Kier alpha value is -1.46. The molecule has 0 aliphatic carbocycles. The molecule has 0 unspecified atom stereocenters. The third-order valence-electron chi connectivity index (χ3n) is 2.35. The van der Waals surface area contributed by atoms with Gasteiger partial charge in [0.05, 0.1) is 22.8 Å². The summed E-state index contributed by atoms with van der Waals surface area (Å²) in [6.07, 6.45) is 1.89. The zero-order valence-corrected chi connectivity index (χ0v) is 11.6. The molecule has 0 fully saturated rings. The number of nitrogens with one attached hydrogen (secondary N) is 1. The zero-order chi connectivity index (χ0) is 13.1. The second-order valence-corrected chi connectivity index (χ2v) is 5.45. The minimum Gasteiger partial charge on any atom is -0.323 e. The molecule has 0 radical (unpaired) electrons. The molecule has 4 nitrogen and oxygen atoms in total. The van der Waals surface area contributed by atoms with E-state index < -0.39 is 0 Å². The number of halogens is 1. The predicted molar refractivity (Wildman–Crippen MR) is 73.2 cm³/mol. The Kier molecular flexibility index (Phi) is 3.93. The Labute approximate surface area is 114 Å². The minimum absolute atomic E-state index is 0.114. The maximum absolute atomic E-state index is 11.9. The summed E-state index contributed by atoms with van der Waals surface area (Å²) in [5.74, 6) is -0.114. The first-order valence-electron chi connectivity index (χ1n) is 5.39. The van der Waals surface area contributed by atoms with E-state index in [1.807, 2.05) is 13.8 Å². The van der Waals surface area contributed by atoms with Crippen LogP contribution in [0, 0.1) is 13.8 Å². The van der Waals surface area contributed by atoms with Gasteiger partial charge in [-0.05, 0) is 26.0 Å². The van der Waals surface area contributed by atoms with Crippen LogP contribution in [0.25, 0.3) is 0 Å². The average Bonchev–Trinajstić information content (AvgIpc) is 2.61. The topological polar surface area (TPSA) is 54.9 Å². The van der Waals surface area contributed by atoms with Crippen LogP contribution in [-0.4, -0.2) is 15.9 Å². The van der Waals surface area contributed by atoms with E-state index in [2.05, 4.69) is 15.3 Å². The third-order valence-corrected chi connectivity index (χ3v) is 3.73. The van der Waals surface area contributed by atoms with Crippen molar-refractivity contribution in [2.45, 2.75) is 20.3 Å². The largest absolute Gasteiger partial charge is 0.323 e. The van der Waals surface area contributed by atoms with Crippen LogP contribution in [0.5, 0.6) is 0 Å². The quantitative estimate of drug-likeness (QED) is 0.880. The molecule has 0 aliphatic heterocycles. The number of amides is 1. The highest BCUT2D eigenvalue weighted by molar-refractivity contribution is 7.11. The smallest absolute Gasteiger partial charge is 0.229 e. The number of hydrogen-bond donors (Lipinski definition) is 1. The van der Waals surface area contributed by atoms with Crippen molar-refractivity contribution in [1.29, 1.82) is 0 Å². The molecule has 1 N–H and O–H groups in total. The van der Waals surface area contributed by atoms with Gasteiger partial charge in [0.2, 0.25) is 5.91 Å². The van der Waals surface area contributed by atoms with Crippen molar-refractivity contribution in [3.63, 3.8) is 0 Å². The van der Waals surface area contributed by atoms with E-state index in [4.69, 9.17) is 11.6 Å². The molecule has 2 aromatic heterocycles. The van der Waals surface area contributed by atoms with E-state index in [0.29, 0.717) is 17.3 Å². The van der Waals surface area contributed by atoms with Crippen LogP contribution in [0.1, 0.15) is 15.6 Å². The lowest BCUT2D eigenvalue weighted by Gasteiger charge is -2.05. The molecule has 0 spiro atoms. The van der Waals surface area contributed by atoms with E-state index in [9.17, 15) is 4.79 Å². The maximum atomic E-state index is 11.9. The first-order valence-corrected chi connectivity index (χ1v) is 6.59. The number of anilines is 1. The van der Waals surface area contributed by atoms with Crippen LogP contribution >= 0.6 is 22.9 Å². The molecular formula is C12H12ClN3OS. The van der Waals surface area contributed by atoms with Crippen molar-refractivity contribution in [3.8, 4) is 0 Å². The molecule has 0 aromatic carbocycles. The molecule has 0 aliphatic rings. The van der Waals surface area contributed by atoms with Gasteiger partial charge in [-0.3, -0.25) is 4.79 Å². The van der Waals surface area contributed by atoms with Crippen molar-refractivity contribution in [2.75, 3.05) is 5.32 Å². The molecule has 2 rings (SSSR count). The van der Waals surface area contributed by atoms with Gasteiger partial charge in [-0.15, -0.1) is 11.3 Å². The molecule has 0 atom stereocenters. The summed E-state index contributed by atoms with van der Waals surface area (Å²) in [6.45, 7) is 3.83. The second kappa shape index (κ2) is 5.46. The molecule has 2 aromatic rings. The van der Waals surface area contributed by atoms with Gasteiger partial charge < -0.3 is 5.32 Å². The molecule has 1 amide bonds. The summed E-state index contributed by atoms with van der Waals surface area (Å²) < 4.78 is 0. The van der Waals surface area contributed by atoms with Crippen LogP contribution in [0.15, 0.2) is 18.3 Å². The standard InChI is InChI=1S/C12H12ClN3OS/c1-7-10(18-8(2)15-7)6-11(17)16-9-4-3-5-14-12(9)13/h3-5H,6H2,1-2H3,(H,16,17). The highest BCUT2D eigenvalue weighted by Crippen LogP contribution is 2.20. The van der Waals surface area contributed by atoms with Gasteiger partial charge in [-0.1, -0.05) is 11.6 Å². The van der Waals surface area contributed by atoms with Gasteiger partial charge in [0.25, 0.3) is 0 Å². The number of rotatable bonds is 3. The summed E-state index contributed by atoms with van der Waals surface area (Å²) in [6, 6.07) is 3.45. The molecule has 6 heteroatoms. The second-order valence-electron chi connectivity index (χ2n) is 3.81. The van der Waals surface area contributed by atoms with E-state index in [1.54, 1.807) is 18.3 Å². The molecular weight excluding hydrogens is 270 g/mol. The highest BCUT2D eigenvalue weighted by Gasteiger charge is 2.11. The Balaban J connectivity index is 2.06. The molecule has 18 heavy (non-hydrogen) atoms. The first kappa shape index (κ1) is 13.0. The molecule has 94 valence electrons. The van der Waals surface area contributed by atoms with Crippen molar-refractivity contribution in [1.82, 2.24) is 9.97 Å². The Morgan fingerprint density at radius 2 is 2.28 bits per heavy atom. The Bertz CT molecular complexity index is 582. The normalized spacial score (nSPS) is 10.4. The van der Waals surface area contributed by atoms with E-state index >= 15 is 0 Å². The summed E-state index contributed by atoms with van der Waals surface area (Å²) >= 11 is 7.41. The number of thiazole rings is 1. The lowest BCUT2D eigenvalue weighted by Crippen LogP contribution is -2.14. The highest BCUT2D eigenvalue weighted by atomic mass is 35.5. The maximum Gasteiger partial charge on any atom is 0.229 e. The number of carbonyl (C=O) groups excluding carboxylic acids is 1. The van der Waals surface area contributed by atoms with Crippen LogP contribution < -0.4 is 5.32 Å². The summed E-state index contributed by atoms with van der Waals surface area (Å²) in [5, 5.41) is 4.00. The SMILES string of the molecule is Cc1nc(C)c(CC(=O)Nc2cccnc2Cl)s1. The molecule has 0 saturated carbocycles. The summed E-state index contributed by atoms with van der Waals surface area (Å²) in [4.78, 5) is 21.0. The summed E-state index contributed by atoms with van der Waals surface area (Å²) in [5.41, 5.74) is 1.44. The Morgan fingerprint density at radius 3 is 2.89 bits per heavy atom. The van der Waals surface area contributed by atoms with Crippen LogP contribution in [0.4, 0.5) is 5.69 Å². The fourth-order valence-corrected chi connectivity index (χ4v) is 2.66. The van der Waals surface area contributed by atoms with Gasteiger partial charge in [0.1, 0.15) is 0 Å². The van der Waals surface area contributed by atoms with Crippen LogP contribution in [0.2, 0.25) is 5.15 Å². The van der Waals surface area contributed by atoms with Gasteiger partial charge in [0, 0.05) is 11.1 Å². The number of pyridine rings is 1. The van der Waals surface area contributed by atoms with E-state index in [0.717, 1.165) is 15.6 Å². The van der Waals surface area contributed by atoms with Crippen molar-refractivity contribution in [2.24, 2.45) is 0 Å². The fraction of sp³-hybridized carbons (Fsp3) is 0.250. The molecule has 0 saturated heterocycles. The lowest BCUT2D eigenvalue weighted by molar-refractivity contribution is -0.115. The van der Waals surface area contributed by atoms with E-state index in [1.165, 1.54) is 11.3 Å². The molecule has 2 heterocycles. The number of hydrogen-bond acceptors (Lipinski definition) is 4. The lowest BCUT2D eigenvalue weighted by atomic mass is 10.3. The molecule has 0 bridgehead atoms. The number of aryl methyl sites for hydroxylation is 2. The number of aromatic nitrogens is 2. The van der Waals surface area contributed by atoms with Gasteiger partial charge in [-0.25, -0.2) is 9.97 Å². The summed E-state index contributed by atoms with van der Waals surface area (Å²) in [7, 11) is 0. The van der Waals surface area contributed by atoms with Crippen molar-refractivity contribution >= 4 is 34.5 Å². The van der Waals surface area contributed by atoms with Gasteiger partial charge >= 0.3 is 0 Å². The number of nitrogens with zero attached hydrogens (tertiary/aromatic N) is 2. The average molecular weight is 282 g/mol. The van der Waals surface area contributed by atoms with Crippen molar-refractivity contribution < 1.29 is 4.79 Å². The Morgan fingerprint density at radius 1 is 1.50 bits per heavy atom. The minimum atomic E-state index is -0.114. The monoisotopic (exact) mass is 281 g/mol.